The molecule has 0 aliphatic heterocycles. The van der Waals surface area contributed by atoms with Crippen LogP contribution in [0.25, 0.3) is 0 Å². The molecular weight excluding hydrogens is 274 g/mol. The van der Waals surface area contributed by atoms with Gasteiger partial charge in [0.05, 0.1) is 4.88 Å². The lowest BCUT2D eigenvalue weighted by Gasteiger charge is -2.22. The van der Waals surface area contributed by atoms with Crippen molar-refractivity contribution in [1.82, 2.24) is 0 Å². The van der Waals surface area contributed by atoms with Crippen molar-refractivity contribution in [3.05, 3.63) is 52.7 Å². The summed E-state index contributed by atoms with van der Waals surface area (Å²) in [6.45, 7) is 0.396. The molecule has 0 aliphatic rings. The molecule has 0 unspecified atom stereocenters. The fourth-order valence-electron chi connectivity index (χ4n) is 1.88. The molecule has 1 aromatic carbocycles. The van der Waals surface area contributed by atoms with Crippen LogP contribution >= 0.6 is 11.3 Å². The summed E-state index contributed by atoms with van der Waals surface area (Å²) in [5, 5.41) is 10.6. The molecule has 0 atom stereocenters. The largest absolute Gasteiger partial charge is 0.481 e. The van der Waals surface area contributed by atoms with Gasteiger partial charge < -0.3 is 10.0 Å². The SMILES string of the molecule is O=C(O)CCCN(C(=O)c1cccs1)c1ccccc1. The normalized spacial score (nSPS) is 10.2. The Hall–Kier alpha value is -2.14. The molecule has 2 rings (SSSR count). The molecule has 0 fully saturated rings. The fourth-order valence-corrected chi connectivity index (χ4v) is 2.55. The first-order valence-electron chi connectivity index (χ1n) is 6.30. The molecule has 0 spiro atoms. The van der Waals surface area contributed by atoms with Crippen molar-refractivity contribution >= 4 is 28.9 Å². The number of carbonyl (C=O) groups excluding carboxylic acids is 1. The van der Waals surface area contributed by atoms with Gasteiger partial charge in [0.15, 0.2) is 0 Å². The topological polar surface area (TPSA) is 57.6 Å². The van der Waals surface area contributed by atoms with Crippen molar-refractivity contribution in [3.8, 4) is 0 Å². The molecular formula is C15H15NO3S. The number of carboxylic acids is 1. The van der Waals surface area contributed by atoms with Crippen molar-refractivity contribution in [3.63, 3.8) is 0 Å². The summed E-state index contributed by atoms with van der Waals surface area (Å²) in [6, 6.07) is 12.9. The number of nitrogens with zero attached hydrogens (tertiary/aromatic N) is 1. The predicted molar refractivity (Wildman–Crippen MR) is 79.3 cm³/mol. The zero-order valence-corrected chi connectivity index (χ0v) is 11.7. The smallest absolute Gasteiger partial charge is 0.303 e. The molecule has 0 radical (unpaired) electrons. The van der Waals surface area contributed by atoms with Gasteiger partial charge in [0.25, 0.3) is 5.91 Å². The number of anilines is 1. The predicted octanol–water partition coefficient (Wildman–Crippen LogP) is 3.26. The lowest BCUT2D eigenvalue weighted by molar-refractivity contribution is -0.137. The van der Waals surface area contributed by atoms with Crippen molar-refractivity contribution in [2.45, 2.75) is 12.8 Å². The summed E-state index contributed by atoms with van der Waals surface area (Å²) >= 11 is 1.39. The van der Waals surface area contributed by atoms with Crippen LogP contribution in [0.1, 0.15) is 22.5 Å². The second kappa shape index (κ2) is 6.86. The van der Waals surface area contributed by atoms with Crippen LogP contribution in [0.4, 0.5) is 5.69 Å². The average molecular weight is 289 g/mol. The van der Waals surface area contributed by atoms with Crippen LogP contribution in [0.15, 0.2) is 47.8 Å². The third-order valence-electron chi connectivity index (χ3n) is 2.82. The molecule has 104 valence electrons. The second-order valence-corrected chi connectivity index (χ2v) is 5.21. The first-order chi connectivity index (χ1) is 9.68. The van der Waals surface area contributed by atoms with Gasteiger partial charge in [0, 0.05) is 18.7 Å². The van der Waals surface area contributed by atoms with E-state index in [2.05, 4.69) is 0 Å². The van der Waals surface area contributed by atoms with E-state index < -0.39 is 5.97 Å². The zero-order valence-electron chi connectivity index (χ0n) is 10.9. The second-order valence-electron chi connectivity index (χ2n) is 4.27. The van der Waals surface area contributed by atoms with Crippen LogP contribution in [0.5, 0.6) is 0 Å². The van der Waals surface area contributed by atoms with E-state index in [0.717, 1.165) is 5.69 Å². The molecule has 1 amide bonds. The minimum Gasteiger partial charge on any atom is -0.481 e. The highest BCUT2D eigenvalue weighted by Crippen LogP contribution is 2.20. The van der Waals surface area contributed by atoms with Gasteiger partial charge in [-0.25, -0.2) is 0 Å². The van der Waals surface area contributed by atoms with E-state index in [0.29, 0.717) is 17.8 Å². The maximum Gasteiger partial charge on any atom is 0.303 e. The van der Waals surface area contributed by atoms with E-state index in [-0.39, 0.29) is 12.3 Å². The van der Waals surface area contributed by atoms with Gasteiger partial charge in [0.1, 0.15) is 0 Å². The van der Waals surface area contributed by atoms with Gasteiger partial charge in [-0.05, 0) is 30.0 Å². The van der Waals surface area contributed by atoms with E-state index in [1.54, 1.807) is 11.0 Å². The summed E-state index contributed by atoms with van der Waals surface area (Å²) in [5.74, 6) is -0.932. The number of thiophene rings is 1. The quantitative estimate of drug-likeness (QED) is 0.888. The average Bonchev–Trinajstić information content (AvgIpc) is 2.98. The summed E-state index contributed by atoms with van der Waals surface area (Å²) in [6.07, 6.45) is 0.488. The minimum atomic E-state index is -0.846. The monoisotopic (exact) mass is 289 g/mol. The Kier molecular flexibility index (Phi) is 4.90. The van der Waals surface area contributed by atoms with Gasteiger partial charge in [-0.1, -0.05) is 24.3 Å². The third kappa shape index (κ3) is 3.68. The molecule has 0 bridgehead atoms. The molecule has 0 saturated heterocycles. The maximum atomic E-state index is 12.5. The number of benzene rings is 1. The first-order valence-corrected chi connectivity index (χ1v) is 7.18. The van der Waals surface area contributed by atoms with Gasteiger partial charge in [-0.15, -0.1) is 11.3 Å². The Morgan fingerprint density at radius 1 is 1.10 bits per heavy atom. The van der Waals surface area contributed by atoms with Crippen LogP contribution in [0.3, 0.4) is 0 Å². The lowest BCUT2D eigenvalue weighted by atomic mass is 10.2. The Morgan fingerprint density at radius 2 is 1.85 bits per heavy atom. The third-order valence-corrected chi connectivity index (χ3v) is 3.68. The highest BCUT2D eigenvalue weighted by Gasteiger charge is 2.18. The molecule has 1 N–H and O–H groups in total. The summed E-state index contributed by atoms with van der Waals surface area (Å²) < 4.78 is 0. The van der Waals surface area contributed by atoms with E-state index in [4.69, 9.17) is 5.11 Å². The van der Waals surface area contributed by atoms with E-state index in [1.165, 1.54) is 11.3 Å². The molecule has 4 nitrogen and oxygen atoms in total. The lowest BCUT2D eigenvalue weighted by Crippen LogP contribution is -2.31. The Morgan fingerprint density at radius 3 is 2.45 bits per heavy atom. The number of amides is 1. The van der Waals surface area contributed by atoms with Gasteiger partial charge in [-0.3, -0.25) is 9.59 Å². The van der Waals surface area contributed by atoms with Crippen LogP contribution in [-0.4, -0.2) is 23.5 Å². The van der Waals surface area contributed by atoms with E-state index in [9.17, 15) is 9.59 Å². The summed E-state index contributed by atoms with van der Waals surface area (Å²) in [7, 11) is 0. The number of para-hydroxylation sites is 1. The number of carboxylic acid groups (broad SMARTS) is 1. The van der Waals surface area contributed by atoms with E-state index >= 15 is 0 Å². The standard InChI is InChI=1S/C15H15NO3S/c17-14(18)9-4-10-16(12-6-2-1-3-7-12)15(19)13-8-5-11-20-13/h1-3,5-8,11H,4,9-10H2,(H,17,18). The van der Waals surface area contributed by atoms with Gasteiger partial charge in [0.2, 0.25) is 0 Å². The molecule has 0 aliphatic carbocycles. The highest BCUT2D eigenvalue weighted by molar-refractivity contribution is 7.12. The van der Waals surface area contributed by atoms with E-state index in [1.807, 2.05) is 41.8 Å². The van der Waals surface area contributed by atoms with Gasteiger partial charge in [-0.2, -0.15) is 0 Å². The molecule has 1 aromatic heterocycles. The Balaban J connectivity index is 2.16. The maximum absolute atomic E-state index is 12.5. The number of hydrogen-bond acceptors (Lipinski definition) is 3. The van der Waals surface area contributed by atoms with Crippen LogP contribution < -0.4 is 4.90 Å². The molecule has 1 heterocycles. The van der Waals surface area contributed by atoms with Crippen molar-refractivity contribution in [1.29, 1.82) is 0 Å². The van der Waals surface area contributed by atoms with Crippen molar-refractivity contribution < 1.29 is 14.7 Å². The first kappa shape index (κ1) is 14.3. The number of hydrogen-bond donors (Lipinski definition) is 1. The van der Waals surface area contributed by atoms with Crippen molar-refractivity contribution in [2.75, 3.05) is 11.4 Å². The van der Waals surface area contributed by atoms with Gasteiger partial charge >= 0.3 is 5.97 Å². The van der Waals surface area contributed by atoms with Crippen LogP contribution in [-0.2, 0) is 4.79 Å². The zero-order chi connectivity index (χ0) is 14.4. The summed E-state index contributed by atoms with van der Waals surface area (Å²) in [5.41, 5.74) is 0.788. The molecule has 20 heavy (non-hydrogen) atoms. The Bertz CT molecular complexity index is 566. The highest BCUT2D eigenvalue weighted by atomic mass is 32.1. The minimum absolute atomic E-state index is 0.0566. The summed E-state index contributed by atoms with van der Waals surface area (Å²) in [4.78, 5) is 25.4. The van der Waals surface area contributed by atoms with Crippen molar-refractivity contribution in [2.24, 2.45) is 0 Å². The van der Waals surface area contributed by atoms with Crippen LogP contribution in [0.2, 0.25) is 0 Å². The number of rotatable bonds is 6. The molecule has 5 heteroatoms. The fraction of sp³-hybridized carbons (Fsp3) is 0.200. The molecule has 0 saturated carbocycles. The van der Waals surface area contributed by atoms with Crippen LogP contribution in [0, 0.1) is 0 Å². The Labute approximate surface area is 121 Å². The molecule has 2 aromatic rings. The number of aliphatic carboxylic acids is 1. The number of carbonyl (C=O) groups is 2.